The molecule has 0 radical (unpaired) electrons. The van der Waals surface area contributed by atoms with Crippen molar-refractivity contribution in [2.45, 2.75) is 13.3 Å². The summed E-state index contributed by atoms with van der Waals surface area (Å²) in [6.45, 7) is 1.77. The van der Waals surface area contributed by atoms with Gasteiger partial charge in [-0.2, -0.15) is 0 Å². The van der Waals surface area contributed by atoms with Crippen LogP contribution in [0.2, 0.25) is 5.02 Å². The van der Waals surface area contributed by atoms with Crippen molar-refractivity contribution >= 4 is 23.2 Å². The number of hydrogen-bond donors (Lipinski definition) is 1. The van der Waals surface area contributed by atoms with Crippen LogP contribution < -0.4 is 5.73 Å². The van der Waals surface area contributed by atoms with E-state index in [2.05, 4.69) is 4.98 Å². The zero-order valence-corrected chi connectivity index (χ0v) is 12.3. The van der Waals surface area contributed by atoms with Gasteiger partial charge in [0.15, 0.2) is 0 Å². The molecule has 0 atom stereocenters. The van der Waals surface area contributed by atoms with Crippen LogP contribution in [0.5, 0.6) is 0 Å². The number of carbonyl (C=O) groups excluding carboxylic acids is 1. The molecule has 1 amide bonds. The van der Waals surface area contributed by atoms with Crippen LogP contribution in [0.25, 0.3) is 5.65 Å². The van der Waals surface area contributed by atoms with E-state index in [-0.39, 0.29) is 0 Å². The highest BCUT2D eigenvalue weighted by Crippen LogP contribution is 2.24. The maximum Gasteiger partial charge on any atom is 0.267 e. The number of imidazole rings is 1. The second-order valence-electron chi connectivity index (χ2n) is 4.89. The normalized spacial score (nSPS) is 11.0. The average Bonchev–Trinajstić information content (AvgIpc) is 2.80. The lowest BCUT2D eigenvalue weighted by molar-refractivity contribution is 0.0994. The zero-order valence-electron chi connectivity index (χ0n) is 11.5. The lowest BCUT2D eigenvalue weighted by atomic mass is 10.1. The summed E-state index contributed by atoms with van der Waals surface area (Å²) in [5.41, 5.74) is 9.09. The van der Waals surface area contributed by atoms with Gasteiger partial charge in [0.2, 0.25) is 0 Å². The molecule has 5 heteroatoms. The predicted molar refractivity (Wildman–Crippen MR) is 82.7 cm³/mol. The third kappa shape index (κ3) is 2.38. The van der Waals surface area contributed by atoms with Crippen LogP contribution in [0, 0.1) is 6.92 Å². The van der Waals surface area contributed by atoms with Gasteiger partial charge in [0.25, 0.3) is 5.91 Å². The molecule has 0 saturated carbocycles. The van der Waals surface area contributed by atoms with Crippen molar-refractivity contribution in [1.29, 1.82) is 0 Å². The van der Waals surface area contributed by atoms with Crippen LogP contribution in [-0.4, -0.2) is 15.3 Å². The molecule has 2 aromatic heterocycles. The van der Waals surface area contributed by atoms with Gasteiger partial charge in [0, 0.05) is 12.1 Å². The predicted octanol–water partition coefficient (Wildman–Crippen LogP) is 2.99. The van der Waals surface area contributed by atoms with E-state index >= 15 is 0 Å². The number of amides is 1. The van der Waals surface area contributed by atoms with Crippen LogP contribution >= 0.6 is 11.6 Å². The molecule has 0 aliphatic rings. The number of aryl methyl sites for hydroxylation is 1. The molecule has 0 aliphatic carbocycles. The van der Waals surface area contributed by atoms with E-state index in [0.717, 1.165) is 11.3 Å². The summed E-state index contributed by atoms with van der Waals surface area (Å²) in [5, 5.41) is 0.589. The van der Waals surface area contributed by atoms with E-state index in [4.69, 9.17) is 17.3 Å². The number of primary amides is 1. The highest BCUT2D eigenvalue weighted by atomic mass is 35.5. The van der Waals surface area contributed by atoms with Crippen LogP contribution in [0.4, 0.5) is 0 Å². The Labute approximate surface area is 127 Å². The Balaban J connectivity index is 2.25. The summed E-state index contributed by atoms with van der Waals surface area (Å²) in [5.74, 6) is -0.503. The van der Waals surface area contributed by atoms with E-state index in [9.17, 15) is 4.79 Å². The lowest BCUT2D eigenvalue weighted by Gasteiger charge is -2.10. The zero-order chi connectivity index (χ0) is 15.0. The first-order valence-corrected chi connectivity index (χ1v) is 6.96. The van der Waals surface area contributed by atoms with Gasteiger partial charge < -0.3 is 5.73 Å². The molecule has 21 heavy (non-hydrogen) atoms. The first kappa shape index (κ1) is 13.6. The monoisotopic (exact) mass is 299 g/mol. The summed E-state index contributed by atoms with van der Waals surface area (Å²) < 4.78 is 1.76. The Morgan fingerprint density at radius 2 is 1.95 bits per heavy atom. The maximum absolute atomic E-state index is 11.7. The van der Waals surface area contributed by atoms with Crippen molar-refractivity contribution in [3.05, 3.63) is 70.1 Å². The number of benzene rings is 1. The molecule has 4 nitrogen and oxygen atoms in total. The Hall–Kier alpha value is -2.33. The number of nitrogens with two attached hydrogens (primary N) is 1. The van der Waals surface area contributed by atoms with Gasteiger partial charge in [-0.1, -0.05) is 41.9 Å². The number of carbonyl (C=O) groups is 1. The van der Waals surface area contributed by atoms with E-state index < -0.39 is 5.91 Å². The topological polar surface area (TPSA) is 60.4 Å². The first-order chi connectivity index (χ1) is 10.1. The Morgan fingerprint density at radius 1 is 1.24 bits per heavy atom. The van der Waals surface area contributed by atoms with Crippen LogP contribution in [0.1, 0.15) is 27.4 Å². The Morgan fingerprint density at radius 3 is 2.62 bits per heavy atom. The number of rotatable bonds is 3. The second-order valence-corrected chi connectivity index (χ2v) is 5.30. The molecule has 3 rings (SSSR count). The SMILES string of the molecule is Cc1nc2ccc(Cl)c(Cc3ccccc3)n2c1C(N)=O. The molecule has 0 aliphatic heterocycles. The quantitative estimate of drug-likeness (QED) is 0.808. The first-order valence-electron chi connectivity index (χ1n) is 6.58. The van der Waals surface area contributed by atoms with E-state index in [1.54, 1.807) is 23.5 Å². The van der Waals surface area contributed by atoms with Crippen molar-refractivity contribution in [2.24, 2.45) is 5.73 Å². The van der Waals surface area contributed by atoms with Crippen molar-refractivity contribution in [2.75, 3.05) is 0 Å². The molecular weight excluding hydrogens is 286 g/mol. The van der Waals surface area contributed by atoms with Crippen molar-refractivity contribution in [1.82, 2.24) is 9.38 Å². The summed E-state index contributed by atoms with van der Waals surface area (Å²) in [6, 6.07) is 13.5. The largest absolute Gasteiger partial charge is 0.364 e. The van der Waals surface area contributed by atoms with Crippen LogP contribution in [-0.2, 0) is 6.42 Å². The molecule has 106 valence electrons. The third-order valence-electron chi connectivity index (χ3n) is 3.45. The lowest BCUT2D eigenvalue weighted by Crippen LogP contribution is -2.17. The molecule has 0 bridgehead atoms. The third-order valence-corrected chi connectivity index (χ3v) is 3.79. The van der Waals surface area contributed by atoms with Crippen LogP contribution in [0.3, 0.4) is 0 Å². The minimum atomic E-state index is -0.503. The van der Waals surface area contributed by atoms with E-state index in [0.29, 0.717) is 28.5 Å². The molecule has 0 fully saturated rings. The van der Waals surface area contributed by atoms with Gasteiger partial charge in [-0.3, -0.25) is 9.20 Å². The molecule has 0 spiro atoms. The Kier molecular flexibility index (Phi) is 3.39. The number of halogens is 1. The molecule has 3 aromatic rings. The van der Waals surface area contributed by atoms with E-state index in [1.807, 2.05) is 30.3 Å². The highest BCUT2D eigenvalue weighted by molar-refractivity contribution is 6.31. The van der Waals surface area contributed by atoms with Gasteiger partial charge >= 0.3 is 0 Å². The van der Waals surface area contributed by atoms with Gasteiger partial charge in [-0.15, -0.1) is 0 Å². The van der Waals surface area contributed by atoms with Crippen molar-refractivity contribution < 1.29 is 4.79 Å². The summed E-state index contributed by atoms with van der Waals surface area (Å²) in [7, 11) is 0. The van der Waals surface area contributed by atoms with Crippen molar-refractivity contribution in [3.63, 3.8) is 0 Å². The highest BCUT2D eigenvalue weighted by Gasteiger charge is 2.18. The number of aromatic nitrogens is 2. The summed E-state index contributed by atoms with van der Waals surface area (Å²) in [6.07, 6.45) is 0.604. The smallest absolute Gasteiger partial charge is 0.267 e. The molecule has 0 saturated heterocycles. The Bertz CT molecular complexity index is 824. The van der Waals surface area contributed by atoms with Crippen LogP contribution in [0.15, 0.2) is 42.5 Å². The fraction of sp³-hybridized carbons (Fsp3) is 0.125. The summed E-state index contributed by atoms with van der Waals surface area (Å²) in [4.78, 5) is 16.1. The molecule has 1 aromatic carbocycles. The van der Waals surface area contributed by atoms with Gasteiger partial charge in [0.05, 0.1) is 10.7 Å². The van der Waals surface area contributed by atoms with Gasteiger partial charge in [-0.25, -0.2) is 4.98 Å². The van der Waals surface area contributed by atoms with E-state index in [1.165, 1.54) is 0 Å². The number of pyridine rings is 1. The maximum atomic E-state index is 11.7. The second kappa shape index (κ2) is 5.22. The molecular formula is C16H14ClN3O. The number of nitrogens with zero attached hydrogens (tertiary/aromatic N) is 2. The van der Waals surface area contributed by atoms with Crippen molar-refractivity contribution in [3.8, 4) is 0 Å². The average molecular weight is 300 g/mol. The molecule has 0 unspecified atom stereocenters. The van der Waals surface area contributed by atoms with Gasteiger partial charge in [0.1, 0.15) is 11.3 Å². The van der Waals surface area contributed by atoms with Gasteiger partial charge in [-0.05, 0) is 24.6 Å². The molecule has 2 N–H and O–H groups in total. The standard InChI is InChI=1S/C16H14ClN3O/c1-10-15(16(18)21)20-13(9-11-5-3-2-4-6-11)12(17)7-8-14(20)19-10/h2-8H,9H2,1H3,(H2,18,21). The summed E-state index contributed by atoms with van der Waals surface area (Å²) >= 11 is 6.34. The molecule has 2 heterocycles. The number of hydrogen-bond acceptors (Lipinski definition) is 2. The number of fused-ring (bicyclic) bond motifs is 1. The minimum Gasteiger partial charge on any atom is -0.364 e. The minimum absolute atomic E-state index is 0.387. The fourth-order valence-corrected chi connectivity index (χ4v) is 2.74. The fourth-order valence-electron chi connectivity index (χ4n) is 2.53.